The predicted octanol–water partition coefficient (Wildman–Crippen LogP) is 2.14. The van der Waals surface area contributed by atoms with Crippen molar-refractivity contribution >= 4 is 11.8 Å². The van der Waals surface area contributed by atoms with Crippen LogP contribution < -0.4 is 15.2 Å². The fraction of sp³-hybridized carbons (Fsp3) is 0.500. The van der Waals surface area contributed by atoms with Gasteiger partial charge in [-0.05, 0) is 30.7 Å². The Labute approximate surface area is 100 Å². The van der Waals surface area contributed by atoms with Gasteiger partial charge in [0.05, 0.1) is 0 Å². The lowest BCUT2D eigenvalue weighted by molar-refractivity contribution is 0.171. The molecule has 0 bridgehead atoms. The average Bonchev–Trinajstić information content (AvgIpc) is 2.35. The monoisotopic (exact) mass is 239 g/mol. The highest BCUT2D eigenvalue weighted by Crippen LogP contribution is 2.34. The minimum atomic E-state index is 0.540. The van der Waals surface area contributed by atoms with Crippen molar-refractivity contribution in [3.05, 3.63) is 18.2 Å². The van der Waals surface area contributed by atoms with Crippen LogP contribution in [-0.4, -0.2) is 25.5 Å². The summed E-state index contributed by atoms with van der Waals surface area (Å²) in [6.45, 7) is 4.17. The lowest BCUT2D eigenvalue weighted by Gasteiger charge is -2.19. The molecule has 1 aliphatic heterocycles. The molecule has 1 heterocycles. The number of hydrogen-bond acceptors (Lipinski definition) is 4. The van der Waals surface area contributed by atoms with Gasteiger partial charge in [0.2, 0.25) is 0 Å². The lowest BCUT2D eigenvalue weighted by atomic mass is 10.2. The fourth-order valence-corrected chi connectivity index (χ4v) is 2.39. The van der Waals surface area contributed by atoms with E-state index in [0.717, 1.165) is 23.8 Å². The third kappa shape index (κ3) is 2.83. The molecule has 1 atom stereocenters. The molecule has 1 aliphatic rings. The molecule has 88 valence electrons. The summed E-state index contributed by atoms with van der Waals surface area (Å²) in [7, 11) is 0. The summed E-state index contributed by atoms with van der Waals surface area (Å²) >= 11 is 1.81. The maximum Gasteiger partial charge on any atom is 0.162 e. The van der Waals surface area contributed by atoms with Crippen LogP contribution >= 0.6 is 11.8 Å². The molecular formula is C12H17NO2S. The van der Waals surface area contributed by atoms with E-state index in [4.69, 9.17) is 15.2 Å². The minimum absolute atomic E-state index is 0.540. The highest BCUT2D eigenvalue weighted by atomic mass is 32.2. The van der Waals surface area contributed by atoms with Gasteiger partial charge in [0.1, 0.15) is 13.2 Å². The van der Waals surface area contributed by atoms with Gasteiger partial charge in [-0.15, -0.1) is 11.8 Å². The first-order valence-corrected chi connectivity index (χ1v) is 6.50. The Hall–Kier alpha value is -0.870. The van der Waals surface area contributed by atoms with E-state index in [1.54, 1.807) is 0 Å². The van der Waals surface area contributed by atoms with Gasteiger partial charge in [-0.25, -0.2) is 0 Å². The van der Waals surface area contributed by atoms with Crippen molar-refractivity contribution < 1.29 is 9.47 Å². The number of fused-ring (bicyclic) bond motifs is 1. The molecule has 1 unspecified atom stereocenters. The van der Waals surface area contributed by atoms with Crippen LogP contribution in [0.25, 0.3) is 0 Å². The summed E-state index contributed by atoms with van der Waals surface area (Å²) in [5.41, 5.74) is 5.59. The quantitative estimate of drug-likeness (QED) is 0.818. The van der Waals surface area contributed by atoms with Gasteiger partial charge >= 0.3 is 0 Å². The predicted molar refractivity (Wildman–Crippen MR) is 66.4 cm³/mol. The SMILES string of the molecule is CC(CN)CSc1ccc2c(c1)OCCO2. The molecule has 0 fully saturated rings. The molecule has 0 saturated heterocycles. The van der Waals surface area contributed by atoms with Crippen LogP contribution in [0.3, 0.4) is 0 Å². The zero-order valence-corrected chi connectivity index (χ0v) is 10.3. The maximum atomic E-state index is 5.59. The van der Waals surface area contributed by atoms with Crippen molar-refractivity contribution in [1.29, 1.82) is 0 Å². The van der Waals surface area contributed by atoms with E-state index in [-0.39, 0.29) is 0 Å². The number of thioether (sulfide) groups is 1. The second kappa shape index (κ2) is 5.46. The Balaban J connectivity index is 2.00. The largest absolute Gasteiger partial charge is 0.486 e. The fourth-order valence-electron chi connectivity index (χ4n) is 1.42. The van der Waals surface area contributed by atoms with E-state index in [1.807, 2.05) is 23.9 Å². The Morgan fingerprint density at radius 3 is 2.81 bits per heavy atom. The first-order chi connectivity index (χ1) is 7.79. The van der Waals surface area contributed by atoms with Crippen LogP contribution in [0.4, 0.5) is 0 Å². The van der Waals surface area contributed by atoms with E-state index < -0.39 is 0 Å². The summed E-state index contributed by atoms with van der Waals surface area (Å²) < 4.78 is 11.0. The Bertz CT molecular complexity index is 357. The smallest absolute Gasteiger partial charge is 0.162 e. The molecular weight excluding hydrogens is 222 g/mol. The van der Waals surface area contributed by atoms with E-state index in [1.165, 1.54) is 4.90 Å². The molecule has 2 N–H and O–H groups in total. The standard InChI is InChI=1S/C12H17NO2S/c1-9(7-13)8-16-10-2-3-11-12(6-10)15-5-4-14-11/h2-3,6,9H,4-5,7-8,13H2,1H3. The molecule has 3 nitrogen and oxygen atoms in total. The van der Waals surface area contributed by atoms with Crippen molar-refractivity contribution in [1.82, 2.24) is 0 Å². The molecule has 0 aromatic heterocycles. The van der Waals surface area contributed by atoms with Crippen LogP contribution in [-0.2, 0) is 0 Å². The van der Waals surface area contributed by atoms with Crippen molar-refractivity contribution in [2.24, 2.45) is 11.7 Å². The van der Waals surface area contributed by atoms with E-state index in [2.05, 4.69) is 13.0 Å². The van der Waals surface area contributed by atoms with Gasteiger partial charge < -0.3 is 15.2 Å². The van der Waals surface area contributed by atoms with Crippen LogP contribution in [0.5, 0.6) is 11.5 Å². The normalized spacial score (nSPS) is 15.9. The summed E-state index contributed by atoms with van der Waals surface area (Å²) in [5, 5.41) is 0. The summed E-state index contributed by atoms with van der Waals surface area (Å²) in [6, 6.07) is 6.09. The first kappa shape index (κ1) is 11.6. The van der Waals surface area contributed by atoms with Gasteiger partial charge in [0.15, 0.2) is 11.5 Å². The number of rotatable bonds is 4. The second-order valence-corrected chi connectivity index (χ2v) is 5.05. The zero-order valence-electron chi connectivity index (χ0n) is 9.44. The number of benzene rings is 1. The first-order valence-electron chi connectivity index (χ1n) is 5.52. The lowest BCUT2D eigenvalue weighted by Crippen LogP contribution is -2.15. The molecule has 0 aliphatic carbocycles. The molecule has 0 radical (unpaired) electrons. The van der Waals surface area contributed by atoms with Crippen LogP contribution in [0.2, 0.25) is 0 Å². The van der Waals surface area contributed by atoms with Crippen molar-refractivity contribution in [3.63, 3.8) is 0 Å². The highest BCUT2D eigenvalue weighted by molar-refractivity contribution is 7.99. The summed E-state index contributed by atoms with van der Waals surface area (Å²) in [4.78, 5) is 1.21. The third-order valence-corrected chi connectivity index (χ3v) is 3.77. The van der Waals surface area contributed by atoms with Crippen molar-refractivity contribution in [2.45, 2.75) is 11.8 Å². The summed E-state index contributed by atoms with van der Waals surface area (Å²) in [6.07, 6.45) is 0. The number of nitrogens with two attached hydrogens (primary N) is 1. The molecule has 1 aromatic rings. The molecule has 0 amide bonds. The van der Waals surface area contributed by atoms with Crippen molar-refractivity contribution in [2.75, 3.05) is 25.5 Å². The highest BCUT2D eigenvalue weighted by Gasteiger charge is 2.12. The van der Waals surface area contributed by atoms with Crippen LogP contribution in [0.1, 0.15) is 6.92 Å². The van der Waals surface area contributed by atoms with Gasteiger partial charge in [-0.1, -0.05) is 6.92 Å². The van der Waals surface area contributed by atoms with Gasteiger partial charge in [-0.3, -0.25) is 0 Å². The Morgan fingerprint density at radius 2 is 2.06 bits per heavy atom. The minimum Gasteiger partial charge on any atom is -0.486 e. The molecule has 2 rings (SSSR count). The van der Waals surface area contributed by atoms with E-state index in [9.17, 15) is 0 Å². The second-order valence-electron chi connectivity index (χ2n) is 3.96. The van der Waals surface area contributed by atoms with Crippen LogP contribution in [0, 0.1) is 5.92 Å². The number of ether oxygens (including phenoxy) is 2. The molecule has 4 heteroatoms. The van der Waals surface area contributed by atoms with Gasteiger partial charge in [0, 0.05) is 10.6 Å². The maximum absolute atomic E-state index is 5.59. The van der Waals surface area contributed by atoms with Crippen LogP contribution in [0.15, 0.2) is 23.1 Å². The van der Waals surface area contributed by atoms with Gasteiger partial charge in [-0.2, -0.15) is 0 Å². The zero-order chi connectivity index (χ0) is 11.4. The molecule has 16 heavy (non-hydrogen) atoms. The molecule has 0 spiro atoms. The number of hydrogen-bond donors (Lipinski definition) is 1. The average molecular weight is 239 g/mol. The Kier molecular flexibility index (Phi) is 3.96. The molecule has 0 saturated carbocycles. The van der Waals surface area contributed by atoms with E-state index in [0.29, 0.717) is 19.1 Å². The topological polar surface area (TPSA) is 44.5 Å². The van der Waals surface area contributed by atoms with Gasteiger partial charge in [0.25, 0.3) is 0 Å². The Morgan fingerprint density at radius 1 is 1.31 bits per heavy atom. The molecule has 1 aromatic carbocycles. The van der Waals surface area contributed by atoms with E-state index >= 15 is 0 Å². The third-order valence-electron chi connectivity index (χ3n) is 2.45. The van der Waals surface area contributed by atoms with Crippen molar-refractivity contribution in [3.8, 4) is 11.5 Å². The summed E-state index contributed by atoms with van der Waals surface area (Å²) in [5.74, 6) is 3.29.